The van der Waals surface area contributed by atoms with Crippen molar-refractivity contribution in [3.63, 3.8) is 0 Å². The van der Waals surface area contributed by atoms with Crippen molar-refractivity contribution in [3.8, 4) is 5.75 Å². The van der Waals surface area contributed by atoms with Crippen LogP contribution in [0.1, 0.15) is 5.56 Å². The number of halogens is 1. The van der Waals surface area contributed by atoms with Gasteiger partial charge in [-0.1, -0.05) is 24.3 Å². The number of nitrogens with one attached hydrogen (secondary N) is 1. The molecule has 1 amide bonds. The number of aromatic hydroxyl groups is 1. The monoisotopic (exact) mass is 382 g/mol. The molecule has 20 heavy (non-hydrogen) atoms. The molecule has 0 heterocycles. The largest absolute Gasteiger partial charge is 0.508 e. The van der Waals surface area contributed by atoms with Crippen molar-refractivity contribution < 1.29 is 9.90 Å². The SMILES string of the molecule is N[C@H](Cc1ccc(O)cc1)C(=O)Nc1ccccc1I. The van der Waals surface area contributed by atoms with Gasteiger partial charge in [0.05, 0.1) is 11.7 Å². The summed E-state index contributed by atoms with van der Waals surface area (Å²) in [4.78, 5) is 12.0. The highest BCUT2D eigenvalue weighted by Crippen LogP contribution is 2.17. The molecule has 0 fully saturated rings. The van der Waals surface area contributed by atoms with E-state index in [0.717, 1.165) is 14.8 Å². The number of anilines is 1. The summed E-state index contributed by atoms with van der Waals surface area (Å²) in [6.07, 6.45) is 0.426. The average molecular weight is 382 g/mol. The number of rotatable bonds is 4. The van der Waals surface area contributed by atoms with Crippen LogP contribution in [-0.4, -0.2) is 17.1 Å². The van der Waals surface area contributed by atoms with Gasteiger partial charge in [-0.25, -0.2) is 0 Å². The molecule has 0 aliphatic heterocycles. The summed E-state index contributed by atoms with van der Waals surface area (Å²) >= 11 is 2.16. The minimum atomic E-state index is -0.629. The fourth-order valence-corrected chi connectivity index (χ4v) is 2.29. The molecule has 0 radical (unpaired) electrons. The van der Waals surface area contributed by atoms with Crippen LogP contribution in [0, 0.1) is 3.57 Å². The molecular formula is C15H15IN2O2. The Hall–Kier alpha value is -1.60. The number of amides is 1. The van der Waals surface area contributed by atoms with Crippen molar-refractivity contribution in [2.75, 3.05) is 5.32 Å². The number of carbonyl (C=O) groups excluding carboxylic acids is 1. The summed E-state index contributed by atoms with van der Waals surface area (Å²) in [7, 11) is 0. The van der Waals surface area contributed by atoms with Gasteiger partial charge < -0.3 is 16.2 Å². The predicted molar refractivity (Wildman–Crippen MR) is 87.6 cm³/mol. The lowest BCUT2D eigenvalue weighted by Crippen LogP contribution is -2.37. The Morgan fingerprint density at radius 1 is 1.20 bits per heavy atom. The maximum atomic E-state index is 12.0. The molecule has 104 valence electrons. The van der Waals surface area contributed by atoms with E-state index < -0.39 is 6.04 Å². The summed E-state index contributed by atoms with van der Waals surface area (Å²) in [6.45, 7) is 0. The van der Waals surface area contributed by atoms with Crippen molar-refractivity contribution in [1.29, 1.82) is 0 Å². The number of hydrogen-bond acceptors (Lipinski definition) is 3. The summed E-state index contributed by atoms with van der Waals surface area (Å²) in [5.74, 6) is -0.0206. The zero-order chi connectivity index (χ0) is 14.5. The van der Waals surface area contributed by atoms with Gasteiger partial charge in [-0.15, -0.1) is 0 Å². The average Bonchev–Trinajstić information content (AvgIpc) is 2.44. The molecule has 0 spiro atoms. The van der Waals surface area contributed by atoms with E-state index in [1.807, 2.05) is 24.3 Å². The Kier molecular flexibility index (Phi) is 4.97. The van der Waals surface area contributed by atoms with E-state index in [9.17, 15) is 9.90 Å². The zero-order valence-corrected chi connectivity index (χ0v) is 12.9. The zero-order valence-electron chi connectivity index (χ0n) is 10.7. The number of nitrogens with two attached hydrogens (primary N) is 1. The minimum absolute atomic E-state index is 0.200. The molecule has 0 aliphatic rings. The Labute approximate surface area is 131 Å². The van der Waals surface area contributed by atoms with Crippen LogP contribution in [-0.2, 0) is 11.2 Å². The van der Waals surface area contributed by atoms with Crippen LogP contribution in [0.4, 0.5) is 5.69 Å². The topological polar surface area (TPSA) is 75.3 Å². The lowest BCUT2D eigenvalue weighted by atomic mass is 10.1. The number of phenols is 1. The smallest absolute Gasteiger partial charge is 0.241 e. The molecule has 2 aromatic carbocycles. The highest BCUT2D eigenvalue weighted by molar-refractivity contribution is 14.1. The highest BCUT2D eigenvalue weighted by atomic mass is 127. The first-order chi connectivity index (χ1) is 9.56. The summed E-state index contributed by atoms with van der Waals surface area (Å²) < 4.78 is 0.968. The van der Waals surface area contributed by atoms with E-state index in [1.165, 1.54) is 0 Å². The van der Waals surface area contributed by atoms with Crippen LogP contribution in [0.5, 0.6) is 5.75 Å². The van der Waals surface area contributed by atoms with Gasteiger partial charge in [0.15, 0.2) is 0 Å². The molecule has 0 bridgehead atoms. The standard InChI is InChI=1S/C15H15IN2O2/c16-12-3-1-2-4-14(12)18-15(20)13(17)9-10-5-7-11(19)8-6-10/h1-8,13,19H,9,17H2,(H,18,20)/t13-/m1/s1. The third kappa shape index (κ3) is 3.94. The summed E-state index contributed by atoms with van der Waals surface area (Å²) in [5, 5.41) is 12.0. The maximum absolute atomic E-state index is 12.0. The molecule has 0 aromatic heterocycles. The van der Waals surface area contributed by atoms with Crippen LogP contribution in [0.3, 0.4) is 0 Å². The van der Waals surface area contributed by atoms with E-state index in [4.69, 9.17) is 5.73 Å². The quantitative estimate of drug-likeness (QED) is 0.712. The molecule has 0 unspecified atom stereocenters. The first-order valence-electron chi connectivity index (χ1n) is 6.15. The molecule has 4 nitrogen and oxygen atoms in total. The predicted octanol–water partition coefficient (Wildman–Crippen LogP) is 2.51. The van der Waals surface area contributed by atoms with E-state index in [1.54, 1.807) is 24.3 Å². The molecule has 0 saturated carbocycles. The van der Waals surface area contributed by atoms with Crippen LogP contribution in [0.2, 0.25) is 0 Å². The van der Waals surface area contributed by atoms with Crippen molar-refractivity contribution in [3.05, 3.63) is 57.7 Å². The first-order valence-corrected chi connectivity index (χ1v) is 7.23. The molecule has 1 atom stereocenters. The lowest BCUT2D eigenvalue weighted by molar-refractivity contribution is -0.117. The Morgan fingerprint density at radius 2 is 1.85 bits per heavy atom. The van der Waals surface area contributed by atoms with Crippen LogP contribution < -0.4 is 11.1 Å². The van der Waals surface area contributed by atoms with Crippen molar-refractivity contribution in [1.82, 2.24) is 0 Å². The Morgan fingerprint density at radius 3 is 2.50 bits per heavy atom. The van der Waals surface area contributed by atoms with E-state index in [2.05, 4.69) is 27.9 Å². The second-order valence-electron chi connectivity index (χ2n) is 4.45. The summed E-state index contributed by atoms with van der Waals surface area (Å²) in [5.41, 5.74) is 7.58. The van der Waals surface area contributed by atoms with Crippen LogP contribution in [0.25, 0.3) is 0 Å². The van der Waals surface area contributed by atoms with Gasteiger partial charge in [-0.05, 0) is 58.8 Å². The van der Waals surface area contributed by atoms with E-state index in [-0.39, 0.29) is 11.7 Å². The van der Waals surface area contributed by atoms with Gasteiger partial charge in [-0.3, -0.25) is 4.79 Å². The normalized spacial score (nSPS) is 11.9. The Bertz CT molecular complexity index is 599. The van der Waals surface area contributed by atoms with Gasteiger partial charge >= 0.3 is 0 Å². The third-order valence-corrected chi connectivity index (χ3v) is 3.80. The van der Waals surface area contributed by atoms with Crippen LogP contribution >= 0.6 is 22.6 Å². The molecular weight excluding hydrogens is 367 g/mol. The first kappa shape index (κ1) is 14.8. The number of carbonyl (C=O) groups is 1. The van der Waals surface area contributed by atoms with E-state index >= 15 is 0 Å². The van der Waals surface area contributed by atoms with Gasteiger partial charge in [0.2, 0.25) is 5.91 Å². The second kappa shape index (κ2) is 6.71. The van der Waals surface area contributed by atoms with Gasteiger partial charge in [0.1, 0.15) is 5.75 Å². The van der Waals surface area contributed by atoms with Crippen LogP contribution in [0.15, 0.2) is 48.5 Å². The van der Waals surface area contributed by atoms with Crippen molar-refractivity contribution in [2.24, 2.45) is 5.73 Å². The number of benzene rings is 2. The molecule has 0 saturated heterocycles. The number of para-hydroxylation sites is 1. The molecule has 2 aromatic rings. The maximum Gasteiger partial charge on any atom is 0.241 e. The summed E-state index contributed by atoms with van der Waals surface area (Å²) in [6, 6.07) is 13.6. The fraction of sp³-hybridized carbons (Fsp3) is 0.133. The molecule has 4 N–H and O–H groups in total. The van der Waals surface area contributed by atoms with E-state index in [0.29, 0.717) is 6.42 Å². The number of phenolic OH excluding ortho intramolecular Hbond substituents is 1. The van der Waals surface area contributed by atoms with Gasteiger partial charge in [0.25, 0.3) is 0 Å². The van der Waals surface area contributed by atoms with Crippen molar-refractivity contribution >= 4 is 34.2 Å². The number of hydrogen-bond donors (Lipinski definition) is 3. The second-order valence-corrected chi connectivity index (χ2v) is 5.61. The highest BCUT2D eigenvalue weighted by Gasteiger charge is 2.15. The minimum Gasteiger partial charge on any atom is -0.508 e. The fourth-order valence-electron chi connectivity index (χ4n) is 1.77. The third-order valence-electron chi connectivity index (χ3n) is 2.86. The molecule has 5 heteroatoms. The molecule has 0 aliphatic carbocycles. The molecule has 2 rings (SSSR count). The van der Waals surface area contributed by atoms with Gasteiger partial charge in [0, 0.05) is 3.57 Å². The van der Waals surface area contributed by atoms with Crippen molar-refractivity contribution in [2.45, 2.75) is 12.5 Å². The lowest BCUT2D eigenvalue weighted by Gasteiger charge is -2.13. The van der Waals surface area contributed by atoms with Gasteiger partial charge in [-0.2, -0.15) is 0 Å². The Balaban J connectivity index is 1.99.